The van der Waals surface area contributed by atoms with Crippen LogP contribution in [0.2, 0.25) is 0 Å². The Morgan fingerprint density at radius 2 is 2.24 bits per heavy atom. The van der Waals surface area contributed by atoms with Gasteiger partial charge >= 0.3 is 0 Å². The average Bonchev–Trinajstić information content (AvgIpc) is 3.01. The predicted octanol–water partition coefficient (Wildman–Crippen LogP) is 0.514. The highest BCUT2D eigenvalue weighted by atomic mass is 15.2. The number of nitrogens with one attached hydrogen (secondary N) is 1. The van der Waals surface area contributed by atoms with E-state index in [1.54, 1.807) is 0 Å². The first-order valence-electron chi connectivity index (χ1n) is 6.70. The van der Waals surface area contributed by atoms with Crippen molar-refractivity contribution in [3.63, 3.8) is 0 Å². The highest BCUT2D eigenvalue weighted by molar-refractivity contribution is 4.97. The normalized spacial score (nSPS) is 27.3. The molecule has 0 amide bonds. The molecule has 1 aliphatic heterocycles. The molecule has 2 rings (SSSR count). The van der Waals surface area contributed by atoms with Crippen molar-refractivity contribution in [3.8, 4) is 6.07 Å². The maximum atomic E-state index is 9.11. The van der Waals surface area contributed by atoms with Crippen molar-refractivity contribution in [2.45, 2.75) is 31.3 Å². The van der Waals surface area contributed by atoms with Crippen LogP contribution in [-0.4, -0.2) is 62.2 Å². The van der Waals surface area contributed by atoms with E-state index in [1.165, 1.54) is 32.4 Å². The second-order valence-corrected chi connectivity index (χ2v) is 5.76. The number of nitriles is 1. The molecular weight excluding hydrogens is 212 g/mol. The number of likely N-dealkylation sites (tertiary alicyclic amines) is 1. The minimum atomic E-state index is 0.00614. The molecule has 0 radical (unpaired) electrons. The maximum Gasteiger partial charge on any atom is 0.108 e. The third kappa shape index (κ3) is 4.27. The van der Waals surface area contributed by atoms with Crippen LogP contribution in [0.5, 0.6) is 0 Å². The van der Waals surface area contributed by atoms with Crippen LogP contribution in [0, 0.1) is 17.2 Å². The van der Waals surface area contributed by atoms with Crippen molar-refractivity contribution in [3.05, 3.63) is 0 Å². The van der Waals surface area contributed by atoms with E-state index in [1.807, 2.05) is 0 Å². The highest BCUT2D eigenvalue weighted by Crippen LogP contribution is 2.19. The minimum absolute atomic E-state index is 0.00614. The molecule has 0 aromatic carbocycles. The van der Waals surface area contributed by atoms with Gasteiger partial charge in [0, 0.05) is 25.7 Å². The lowest BCUT2D eigenvalue weighted by molar-refractivity contribution is 0.260. The molecule has 4 heteroatoms. The Balaban J connectivity index is 1.68. The third-order valence-electron chi connectivity index (χ3n) is 3.72. The molecule has 96 valence electrons. The molecule has 1 aliphatic carbocycles. The fraction of sp³-hybridized carbons (Fsp3) is 0.923. The van der Waals surface area contributed by atoms with Gasteiger partial charge in [0.25, 0.3) is 0 Å². The number of hydrogen-bond donors (Lipinski definition) is 1. The second-order valence-electron chi connectivity index (χ2n) is 5.76. The summed E-state index contributed by atoms with van der Waals surface area (Å²) in [6.07, 6.45) is 3.79. The van der Waals surface area contributed by atoms with E-state index >= 15 is 0 Å². The molecule has 1 saturated carbocycles. The first-order valence-corrected chi connectivity index (χ1v) is 6.70. The molecule has 0 aromatic rings. The standard InChI is InChI=1S/C13H24N4/c1-16-6-5-11(8-16)9-17(2)10-13(7-14)15-12-3-4-12/h11-13,15H,3-6,8-10H2,1-2H3. The molecule has 2 aliphatic rings. The van der Waals surface area contributed by atoms with Crippen molar-refractivity contribution in [1.29, 1.82) is 5.26 Å². The second kappa shape index (κ2) is 5.81. The van der Waals surface area contributed by atoms with Crippen LogP contribution in [0.25, 0.3) is 0 Å². The van der Waals surface area contributed by atoms with Gasteiger partial charge in [-0.25, -0.2) is 0 Å². The lowest BCUT2D eigenvalue weighted by Crippen LogP contribution is -2.41. The average molecular weight is 236 g/mol. The summed E-state index contributed by atoms with van der Waals surface area (Å²) in [4.78, 5) is 4.70. The van der Waals surface area contributed by atoms with Crippen LogP contribution >= 0.6 is 0 Å². The van der Waals surface area contributed by atoms with Crippen LogP contribution in [0.4, 0.5) is 0 Å². The van der Waals surface area contributed by atoms with Gasteiger partial charge in [0.05, 0.1) is 6.07 Å². The van der Waals surface area contributed by atoms with Crippen molar-refractivity contribution in [1.82, 2.24) is 15.1 Å². The largest absolute Gasteiger partial charge is 0.306 e. The molecule has 4 nitrogen and oxygen atoms in total. The summed E-state index contributed by atoms with van der Waals surface area (Å²) in [5.41, 5.74) is 0. The molecular formula is C13H24N4. The molecule has 2 unspecified atom stereocenters. The summed E-state index contributed by atoms with van der Waals surface area (Å²) in [5, 5.41) is 12.5. The Hall–Kier alpha value is -0.630. The van der Waals surface area contributed by atoms with Gasteiger partial charge < -0.3 is 9.80 Å². The number of nitrogens with zero attached hydrogens (tertiary/aromatic N) is 3. The minimum Gasteiger partial charge on any atom is -0.306 e. The summed E-state index contributed by atoms with van der Waals surface area (Å²) in [6.45, 7) is 4.40. The monoisotopic (exact) mass is 236 g/mol. The number of rotatable bonds is 6. The van der Waals surface area contributed by atoms with Crippen LogP contribution in [0.1, 0.15) is 19.3 Å². The lowest BCUT2D eigenvalue weighted by atomic mass is 10.1. The summed E-state index contributed by atoms with van der Waals surface area (Å²) < 4.78 is 0. The quantitative estimate of drug-likeness (QED) is 0.730. The molecule has 1 heterocycles. The maximum absolute atomic E-state index is 9.11. The summed E-state index contributed by atoms with van der Waals surface area (Å²) in [6, 6.07) is 3.00. The van der Waals surface area contributed by atoms with Gasteiger partial charge in [0.1, 0.15) is 6.04 Å². The Morgan fingerprint density at radius 1 is 1.47 bits per heavy atom. The molecule has 0 bridgehead atoms. The Labute approximate surface area is 105 Å². The van der Waals surface area contributed by atoms with E-state index in [0.717, 1.165) is 19.0 Å². The summed E-state index contributed by atoms with van der Waals surface area (Å²) in [5.74, 6) is 0.783. The van der Waals surface area contributed by atoms with E-state index in [-0.39, 0.29) is 6.04 Å². The van der Waals surface area contributed by atoms with Crippen molar-refractivity contribution >= 4 is 0 Å². The van der Waals surface area contributed by atoms with Crippen molar-refractivity contribution in [2.75, 3.05) is 40.3 Å². The van der Waals surface area contributed by atoms with Gasteiger partial charge in [-0.2, -0.15) is 5.26 Å². The molecule has 17 heavy (non-hydrogen) atoms. The van der Waals surface area contributed by atoms with E-state index in [0.29, 0.717) is 6.04 Å². The van der Waals surface area contributed by atoms with Crippen molar-refractivity contribution < 1.29 is 0 Å². The topological polar surface area (TPSA) is 42.3 Å². The summed E-state index contributed by atoms with van der Waals surface area (Å²) >= 11 is 0. The molecule has 2 fully saturated rings. The zero-order valence-corrected chi connectivity index (χ0v) is 11.0. The molecule has 0 spiro atoms. The number of hydrogen-bond acceptors (Lipinski definition) is 4. The van der Waals surface area contributed by atoms with Gasteiger partial charge in [0.2, 0.25) is 0 Å². The van der Waals surface area contributed by atoms with Crippen LogP contribution < -0.4 is 5.32 Å². The smallest absolute Gasteiger partial charge is 0.108 e. The van der Waals surface area contributed by atoms with Gasteiger partial charge in [0.15, 0.2) is 0 Å². The van der Waals surface area contributed by atoms with Gasteiger partial charge in [-0.1, -0.05) is 0 Å². The zero-order chi connectivity index (χ0) is 12.3. The van der Waals surface area contributed by atoms with Crippen LogP contribution in [0.15, 0.2) is 0 Å². The predicted molar refractivity (Wildman–Crippen MR) is 68.7 cm³/mol. The van der Waals surface area contributed by atoms with Crippen LogP contribution in [-0.2, 0) is 0 Å². The van der Waals surface area contributed by atoms with E-state index < -0.39 is 0 Å². The van der Waals surface area contributed by atoms with E-state index in [4.69, 9.17) is 5.26 Å². The zero-order valence-electron chi connectivity index (χ0n) is 11.0. The number of likely N-dealkylation sites (N-methyl/N-ethyl adjacent to an activating group) is 1. The molecule has 2 atom stereocenters. The van der Waals surface area contributed by atoms with E-state index in [2.05, 4.69) is 35.3 Å². The molecule has 1 saturated heterocycles. The first-order chi connectivity index (χ1) is 8.17. The Kier molecular flexibility index (Phi) is 4.38. The first kappa shape index (κ1) is 12.8. The van der Waals surface area contributed by atoms with Gasteiger partial charge in [-0.3, -0.25) is 5.32 Å². The van der Waals surface area contributed by atoms with Gasteiger partial charge in [-0.05, 0) is 45.8 Å². The molecule has 0 aromatic heterocycles. The highest BCUT2D eigenvalue weighted by Gasteiger charge is 2.26. The Bertz CT molecular complexity index is 282. The fourth-order valence-electron chi connectivity index (χ4n) is 2.67. The van der Waals surface area contributed by atoms with Crippen LogP contribution in [0.3, 0.4) is 0 Å². The SMILES string of the molecule is CN1CCC(CN(C)CC(C#N)NC2CC2)C1. The summed E-state index contributed by atoms with van der Waals surface area (Å²) in [7, 11) is 4.32. The Morgan fingerprint density at radius 3 is 2.76 bits per heavy atom. The van der Waals surface area contributed by atoms with Crippen molar-refractivity contribution in [2.24, 2.45) is 5.92 Å². The van der Waals surface area contributed by atoms with E-state index in [9.17, 15) is 0 Å². The fourth-order valence-corrected chi connectivity index (χ4v) is 2.67. The third-order valence-corrected chi connectivity index (χ3v) is 3.72. The van der Waals surface area contributed by atoms with Gasteiger partial charge in [-0.15, -0.1) is 0 Å². The molecule has 1 N–H and O–H groups in total. The lowest BCUT2D eigenvalue weighted by Gasteiger charge is -2.23.